The van der Waals surface area contributed by atoms with Gasteiger partial charge in [0.1, 0.15) is 15.9 Å². The van der Waals surface area contributed by atoms with Crippen molar-refractivity contribution in [1.82, 2.24) is 14.4 Å². The zero-order valence-corrected chi connectivity index (χ0v) is 12.5. The Bertz CT molecular complexity index is 644. The second-order valence-corrected chi connectivity index (χ2v) is 5.00. The second kappa shape index (κ2) is 6.17. The lowest BCUT2D eigenvalue weighted by molar-refractivity contribution is -0.140. The van der Waals surface area contributed by atoms with Crippen molar-refractivity contribution in [1.29, 1.82) is 0 Å². The van der Waals surface area contributed by atoms with Gasteiger partial charge in [0.05, 0.1) is 13.3 Å². The number of aromatic nitrogens is 3. The number of unbranched alkanes of at least 4 members (excludes halogenated alkanes) is 1. The summed E-state index contributed by atoms with van der Waals surface area (Å²) < 4.78 is 20.2. The number of aryl methyl sites for hydroxylation is 1. The number of halogens is 2. The molecular formula is C12H14BrFN4O2. The Hall–Kier alpha value is -1.70. The van der Waals surface area contributed by atoms with Gasteiger partial charge in [-0.2, -0.15) is 4.39 Å². The molecule has 0 saturated carbocycles. The van der Waals surface area contributed by atoms with Crippen LogP contribution in [-0.2, 0) is 16.0 Å². The van der Waals surface area contributed by atoms with Crippen LogP contribution in [0.3, 0.4) is 0 Å². The molecule has 0 unspecified atom stereocenters. The van der Waals surface area contributed by atoms with Crippen molar-refractivity contribution in [2.75, 3.05) is 12.8 Å². The Morgan fingerprint density at radius 2 is 2.30 bits per heavy atom. The average Bonchev–Trinajstić information content (AvgIpc) is 2.77. The number of rotatable bonds is 5. The summed E-state index contributed by atoms with van der Waals surface area (Å²) in [7, 11) is 1.35. The lowest BCUT2D eigenvalue weighted by atomic mass is 10.2. The summed E-state index contributed by atoms with van der Waals surface area (Å²) in [5, 5.41) is 0. The number of methoxy groups -OCH3 is 1. The van der Waals surface area contributed by atoms with Crippen LogP contribution in [0.1, 0.15) is 25.1 Å². The third-order valence-corrected chi connectivity index (χ3v) is 3.48. The van der Waals surface area contributed by atoms with Crippen LogP contribution in [0, 0.1) is 5.95 Å². The van der Waals surface area contributed by atoms with E-state index in [1.165, 1.54) is 11.5 Å². The number of nitrogen functional groups attached to an aromatic ring is 1. The van der Waals surface area contributed by atoms with Crippen molar-refractivity contribution in [3.05, 3.63) is 22.6 Å². The molecule has 0 bridgehead atoms. The molecule has 0 saturated heterocycles. The van der Waals surface area contributed by atoms with Gasteiger partial charge in [0.15, 0.2) is 5.82 Å². The highest BCUT2D eigenvalue weighted by atomic mass is 79.9. The van der Waals surface area contributed by atoms with E-state index < -0.39 is 5.95 Å². The summed E-state index contributed by atoms with van der Waals surface area (Å²) in [5.41, 5.74) is 6.15. The van der Waals surface area contributed by atoms with Gasteiger partial charge in [0.25, 0.3) is 0 Å². The van der Waals surface area contributed by atoms with Gasteiger partial charge in [-0.05, 0) is 28.8 Å². The van der Waals surface area contributed by atoms with Crippen LogP contribution in [0.15, 0.2) is 10.8 Å². The molecule has 0 radical (unpaired) electrons. The minimum atomic E-state index is -0.518. The quantitative estimate of drug-likeness (QED) is 0.663. The van der Waals surface area contributed by atoms with E-state index in [1.807, 2.05) is 0 Å². The summed E-state index contributed by atoms with van der Waals surface area (Å²) in [5.74, 6) is -0.0101. The standard InChI is InChI=1S/C12H14BrFN4O2/c1-20-9(19)5-3-2-4-8-17-11(13)10-12(15)16-6-7(14)18(8)10/h6H,2-5H2,1H3,(H2,15,16). The fourth-order valence-corrected chi connectivity index (χ4v) is 2.54. The summed E-state index contributed by atoms with van der Waals surface area (Å²) in [6.45, 7) is 0. The number of imidazole rings is 1. The Morgan fingerprint density at radius 3 is 3.00 bits per heavy atom. The topological polar surface area (TPSA) is 82.5 Å². The second-order valence-electron chi connectivity index (χ2n) is 4.25. The minimum Gasteiger partial charge on any atom is -0.469 e. The average molecular weight is 345 g/mol. The Labute approximate surface area is 123 Å². The first-order chi connectivity index (χ1) is 9.54. The largest absolute Gasteiger partial charge is 0.469 e. The summed E-state index contributed by atoms with van der Waals surface area (Å²) in [6, 6.07) is 0. The minimum absolute atomic E-state index is 0.214. The zero-order chi connectivity index (χ0) is 14.7. The van der Waals surface area contributed by atoms with Crippen LogP contribution >= 0.6 is 15.9 Å². The number of fused-ring (bicyclic) bond motifs is 1. The van der Waals surface area contributed by atoms with E-state index in [4.69, 9.17) is 5.73 Å². The molecule has 2 rings (SSSR count). The molecule has 0 aromatic carbocycles. The van der Waals surface area contributed by atoms with Gasteiger partial charge in [-0.15, -0.1) is 0 Å². The lowest BCUT2D eigenvalue weighted by Crippen LogP contribution is -2.04. The number of ether oxygens (including phenoxy) is 1. The molecule has 0 aliphatic heterocycles. The van der Waals surface area contributed by atoms with Gasteiger partial charge in [-0.3, -0.25) is 9.20 Å². The SMILES string of the molecule is COC(=O)CCCCc1nc(Br)c2c(N)ncc(F)n12. The van der Waals surface area contributed by atoms with Gasteiger partial charge in [-0.1, -0.05) is 0 Å². The molecular weight excluding hydrogens is 331 g/mol. The zero-order valence-electron chi connectivity index (χ0n) is 10.9. The summed E-state index contributed by atoms with van der Waals surface area (Å²) in [4.78, 5) is 19.0. The third-order valence-electron chi connectivity index (χ3n) is 2.93. The number of hydrogen-bond acceptors (Lipinski definition) is 5. The Morgan fingerprint density at radius 1 is 1.55 bits per heavy atom. The lowest BCUT2D eigenvalue weighted by Gasteiger charge is -2.04. The van der Waals surface area contributed by atoms with E-state index in [0.717, 1.165) is 6.20 Å². The predicted octanol–water partition coefficient (Wildman–Crippen LogP) is 2.10. The van der Waals surface area contributed by atoms with Crippen LogP contribution in [0.4, 0.5) is 10.2 Å². The molecule has 0 atom stereocenters. The normalized spacial score (nSPS) is 10.9. The number of hydrogen-bond donors (Lipinski definition) is 1. The highest BCUT2D eigenvalue weighted by Crippen LogP contribution is 2.25. The number of anilines is 1. The van der Waals surface area contributed by atoms with Crippen LogP contribution in [0.5, 0.6) is 0 Å². The highest BCUT2D eigenvalue weighted by molar-refractivity contribution is 9.10. The molecule has 0 amide bonds. The number of esters is 1. The van der Waals surface area contributed by atoms with Crippen LogP contribution in [0.2, 0.25) is 0 Å². The van der Waals surface area contributed by atoms with E-state index in [9.17, 15) is 9.18 Å². The van der Waals surface area contributed by atoms with Crippen molar-refractivity contribution in [3.63, 3.8) is 0 Å². The first-order valence-electron chi connectivity index (χ1n) is 6.08. The Balaban J connectivity index is 2.15. The van der Waals surface area contributed by atoms with E-state index in [2.05, 4.69) is 30.6 Å². The molecule has 0 aliphatic rings. The van der Waals surface area contributed by atoms with Gasteiger partial charge in [-0.25, -0.2) is 9.97 Å². The molecule has 108 valence electrons. The molecule has 8 heteroatoms. The van der Waals surface area contributed by atoms with E-state index in [1.54, 1.807) is 0 Å². The van der Waals surface area contributed by atoms with Crippen LogP contribution < -0.4 is 5.73 Å². The van der Waals surface area contributed by atoms with E-state index >= 15 is 0 Å². The van der Waals surface area contributed by atoms with Crippen LogP contribution in [0.25, 0.3) is 5.52 Å². The highest BCUT2D eigenvalue weighted by Gasteiger charge is 2.15. The van der Waals surface area contributed by atoms with Gasteiger partial charge in [0, 0.05) is 12.8 Å². The number of nitrogens with two attached hydrogens (primary N) is 1. The first-order valence-corrected chi connectivity index (χ1v) is 6.87. The van der Waals surface area contributed by atoms with Crippen LogP contribution in [-0.4, -0.2) is 27.4 Å². The van der Waals surface area contributed by atoms with Crippen molar-refractivity contribution >= 4 is 33.2 Å². The summed E-state index contributed by atoms with van der Waals surface area (Å²) in [6.07, 6.45) is 3.29. The fraction of sp³-hybridized carbons (Fsp3) is 0.417. The number of carbonyl (C=O) groups excluding carboxylic acids is 1. The van der Waals surface area contributed by atoms with E-state index in [-0.39, 0.29) is 11.8 Å². The number of carbonyl (C=O) groups is 1. The molecule has 0 fully saturated rings. The molecule has 2 N–H and O–H groups in total. The monoisotopic (exact) mass is 344 g/mol. The molecule has 2 aromatic rings. The van der Waals surface area contributed by atoms with Crippen molar-refractivity contribution in [2.45, 2.75) is 25.7 Å². The maximum atomic E-state index is 13.8. The Kier molecular flexibility index (Phi) is 4.53. The first kappa shape index (κ1) is 14.7. The smallest absolute Gasteiger partial charge is 0.305 e. The predicted molar refractivity (Wildman–Crippen MR) is 74.6 cm³/mol. The van der Waals surface area contributed by atoms with Gasteiger partial charge >= 0.3 is 5.97 Å². The van der Waals surface area contributed by atoms with Crippen molar-refractivity contribution < 1.29 is 13.9 Å². The maximum absolute atomic E-state index is 13.8. The molecule has 0 aliphatic carbocycles. The number of nitrogens with zero attached hydrogens (tertiary/aromatic N) is 3. The summed E-state index contributed by atoms with van der Waals surface area (Å²) >= 11 is 3.25. The van der Waals surface area contributed by atoms with Gasteiger partial charge in [0.2, 0.25) is 5.95 Å². The third kappa shape index (κ3) is 2.90. The van der Waals surface area contributed by atoms with Gasteiger partial charge < -0.3 is 10.5 Å². The molecule has 2 heterocycles. The fourth-order valence-electron chi connectivity index (χ4n) is 1.95. The van der Waals surface area contributed by atoms with Crippen molar-refractivity contribution in [2.24, 2.45) is 0 Å². The van der Waals surface area contributed by atoms with Crippen molar-refractivity contribution in [3.8, 4) is 0 Å². The molecule has 2 aromatic heterocycles. The van der Waals surface area contributed by atoms with E-state index in [0.29, 0.717) is 41.6 Å². The molecule has 0 spiro atoms. The molecule has 20 heavy (non-hydrogen) atoms. The molecule has 6 nitrogen and oxygen atoms in total. The maximum Gasteiger partial charge on any atom is 0.305 e.